The average molecular weight is 353 g/mol. The van der Waals surface area contributed by atoms with Crippen molar-refractivity contribution in [1.29, 1.82) is 0 Å². The molecule has 0 aromatic carbocycles. The summed E-state index contributed by atoms with van der Waals surface area (Å²) in [7, 11) is 0. The van der Waals surface area contributed by atoms with E-state index in [1.165, 1.54) is 11.1 Å². The minimum absolute atomic E-state index is 0.317. The van der Waals surface area contributed by atoms with Gasteiger partial charge >= 0.3 is 0 Å². The van der Waals surface area contributed by atoms with Gasteiger partial charge in [-0.3, -0.25) is 0 Å². The smallest absolute Gasteiger partial charge is 0.0173 e. The van der Waals surface area contributed by atoms with Crippen LogP contribution in [0, 0.1) is 33.0 Å². The Kier molecular flexibility index (Phi) is 8.82. The Labute approximate surface area is 162 Å². The molecule has 0 radical (unpaired) electrons. The Hall–Kier alpha value is -0.260. The Morgan fingerprint density at radius 3 is 0.840 bits per heavy atom. The van der Waals surface area contributed by atoms with Gasteiger partial charge in [0.1, 0.15) is 0 Å². The first-order valence-corrected chi connectivity index (χ1v) is 10.2. The van der Waals surface area contributed by atoms with E-state index in [1.807, 2.05) is 0 Å². The molecule has 0 aliphatic heterocycles. The summed E-state index contributed by atoms with van der Waals surface area (Å²) in [4.78, 5) is 0. The molecule has 0 rings (SSSR count). The maximum atomic E-state index is 2.40. The molecule has 0 spiro atoms. The average Bonchev–Trinajstić information content (AvgIpc) is 2.33. The van der Waals surface area contributed by atoms with Crippen molar-refractivity contribution in [3.63, 3.8) is 0 Å². The molecule has 0 amide bonds. The van der Waals surface area contributed by atoms with Crippen molar-refractivity contribution in [2.24, 2.45) is 33.0 Å². The monoisotopic (exact) mass is 352 g/mol. The van der Waals surface area contributed by atoms with Crippen LogP contribution < -0.4 is 0 Å². The minimum Gasteiger partial charge on any atom is -0.0685 e. The normalized spacial score (nSPS) is 15.6. The molecule has 152 valence electrons. The predicted octanol–water partition coefficient (Wildman–Crippen LogP) is 9.16. The SMILES string of the molecule is CC(=C(C)C(C)(C)C)C(C)(C)C.CC(C)C(C)(C)C(C)(C)C(C)(C)C. The quantitative estimate of drug-likeness (QED) is 0.434. The lowest BCUT2D eigenvalue weighted by atomic mass is 9.52. The molecule has 0 saturated heterocycles. The molecule has 0 aromatic rings. The van der Waals surface area contributed by atoms with Crippen LogP contribution in [-0.4, -0.2) is 0 Å². The molecule has 0 atom stereocenters. The number of hydrogen-bond donors (Lipinski definition) is 0. The molecule has 0 heteroatoms. The van der Waals surface area contributed by atoms with E-state index in [2.05, 4.69) is 118 Å². The van der Waals surface area contributed by atoms with Crippen LogP contribution in [0.4, 0.5) is 0 Å². The van der Waals surface area contributed by atoms with Crippen LogP contribution in [0.1, 0.15) is 118 Å². The molecule has 25 heavy (non-hydrogen) atoms. The zero-order valence-electron chi connectivity index (χ0n) is 21.1. The van der Waals surface area contributed by atoms with Crippen LogP contribution in [0.5, 0.6) is 0 Å². The third kappa shape index (κ3) is 7.10. The molecule has 0 saturated carbocycles. The summed E-state index contributed by atoms with van der Waals surface area (Å²) < 4.78 is 0. The van der Waals surface area contributed by atoms with Crippen LogP contribution in [0.3, 0.4) is 0 Å². The highest BCUT2D eigenvalue weighted by Gasteiger charge is 2.46. The lowest BCUT2D eigenvalue weighted by Crippen LogP contribution is -2.45. The summed E-state index contributed by atoms with van der Waals surface area (Å²) in [6.45, 7) is 39.4. The molecule has 0 bridgehead atoms. The van der Waals surface area contributed by atoms with Crippen LogP contribution >= 0.6 is 0 Å². The molecule has 0 unspecified atom stereocenters. The topological polar surface area (TPSA) is 0 Å². The lowest BCUT2D eigenvalue weighted by Gasteiger charge is -2.53. The number of allylic oxidation sites excluding steroid dienone is 2. The highest BCUT2D eigenvalue weighted by molar-refractivity contribution is 5.20. The van der Waals surface area contributed by atoms with Crippen molar-refractivity contribution in [3.05, 3.63) is 11.1 Å². The Morgan fingerprint density at radius 2 is 0.760 bits per heavy atom. The van der Waals surface area contributed by atoms with Gasteiger partial charge in [0.15, 0.2) is 0 Å². The van der Waals surface area contributed by atoms with Crippen LogP contribution in [0.15, 0.2) is 11.1 Å². The van der Waals surface area contributed by atoms with Gasteiger partial charge in [-0.15, -0.1) is 0 Å². The number of hydrogen-bond acceptors (Lipinski definition) is 0. The Morgan fingerprint density at radius 1 is 0.520 bits per heavy atom. The van der Waals surface area contributed by atoms with Crippen LogP contribution in [0.25, 0.3) is 0 Å². The first-order valence-electron chi connectivity index (χ1n) is 10.2. The molecular formula is C25H52. The van der Waals surface area contributed by atoms with Crippen molar-refractivity contribution in [2.75, 3.05) is 0 Å². The molecule has 0 aromatic heterocycles. The fourth-order valence-electron chi connectivity index (χ4n) is 2.81. The van der Waals surface area contributed by atoms with Crippen molar-refractivity contribution in [1.82, 2.24) is 0 Å². The fraction of sp³-hybridized carbons (Fsp3) is 0.920. The second-order valence-electron chi connectivity index (χ2n) is 12.5. The highest BCUT2D eigenvalue weighted by Crippen LogP contribution is 2.54. The Balaban J connectivity index is 0. The molecule has 0 nitrogen and oxygen atoms in total. The van der Waals surface area contributed by atoms with Gasteiger partial charge in [0.2, 0.25) is 0 Å². The summed E-state index contributed by atoms with van der Waals surface area (Å²) in [6, 6.07) is 0. The van der Waals surface area contributed by atoms with Gasteiger partial charge in [-0.05, 0) is 46.8 Å². The van der Waals surface area contributed by atoms with Crippen LogP contribution in [0.2, 0.25) is 0 Å². The lowest BCUT2D eigenvalue weighted by molar-refractivity contribution is -0.0388. The largest absolute Gasteiger partial charge is 0.0685 e. The van der Waals surface area contributed by atoms with Crippen molar-refractivity contribution < 1.29 is 0 Å². The summed E-state index contributed by atoms with van der Waals surface area (Å²) in [5.74, 6) is 0.724. The van der Waals surface area contributed by atoms with Crippen LogP contribution in [-0.2, 0) is 0 Å². The summed E-state index contributed by atoms with van der Waals surface area (Å²) in [5, 5.41) is 0. The van der Waals surface area contributed by atoms with E-state index in [-0.39, 0.29) is 0 Å². The van der Waals surface area contributed by atoms with E-state index in [9.17, 15) is 0 Å². The van der Waals surface area contributed by atoms with E-state index >= 15 is 0 Å². The fourth-order valence-corrected chi connectivity index (χ4v) is 2.81. The van der Waals surface area contributed by atoms with Gasteiger partial charge in [0, 0.05) is 0 Å². The first-order chi connectivity index (χ1) is 10.5. The molecule has 0 aliphatic rings. The molecule has 0 heterocycles. The Bertz CT molecular complexity index is 412. The van der Waals surface area contributed by atoms with Crippen molar-refractivity contribution >= 4 is 0 Å². The van der Waals surface area contributed by atoms with E-state index in [0.29, 0.717) is 27.1 Å². The summed E-state index contributed by atoms with van der Waals surface area (Å²) in [6.07, 6.45) is 0. The van der Waals surface area contributed by atoms with E-state index < -0.39 is 0 Å². The van der Waals surface area contributed by atoms with Crippen molar-refractivity contribution in [3.8, 4) is 0 Å². The molecular weight excluding hydrogens is 300 g/mol. The van der Waals surface area contributed by atoms with Crippen molar-refractivity contribution in [2.45, 2.75) is 118 Å². The van der Waals surface area contributed by atoms with Gasteiger partial charge in [0.25, 0.3) is 0 Å². The zero-order chi connectivity index (χ0) is 21.2. The second kappa shape index (κ2) is 8.18. The third-order valence-corrected chi connectivity index (χ3v) is 7.74. The zero-order valence-corrected chi connectivity index (χ0v) is 21.1. The summed E-state index contributed by atoms with van der Waals surface area (Å²) in [5.41, 5.74) is 4.78. The molecule has 0 N–H and O–H groups in total. The molecule has 0 fully saturated rings. The van der Waals surface area contributed by atoms with E-state index in [4.69, 9.17) is 0 Å². The predicted molar refractivity (Wildman–Crippen MR) is 119 cm³/mol. The first kappa shape index (κ1) is 27.0. The van der Waals surface area contributed by atoms with Gasteiger partial charge < -0.3 is 0 Å². The highest BCUT2D eigenvalue weighted by atomic mass is 14.5. The van der Waals surface area contributed by atoms with E-state index in [1.54, 1.807) is 0 Å². The molecule has 0 aliphatic carbocycles. The van der Waals surface area contributed by atoms with E-state index in [0.717, 1.165) is 5.92 Å². The van der Waals surface area contributed by atoms with Gasteiger partial charge in [-0.2, -0.15) is 0 Å². The van der Waals surface area contributed by atoms with Gasteiger partial charge in [-0.1, -0.05) is 115 Å². The number of rotatable bonds is 2. The minimum atomic E-state index is 0.317. The van der Waals surface area contributed by atoms with Gasteiger partial charge in [-0.25, -0.2) is 0 Å². The van der Waals surface area contributed by atoms with Gasteiger partial charge in [0.05, 0.1) is 0 Å². The maximum Gasteiger partial charge on any atom is -0.0173 e. The standard InChI is InChI=1S/C13H28.C12H24/c1-10(2)12(6,7)13(8,9)11(3,4)5;1-9(11(3,4)5)10(2)12(6,7)8/h10H,1-9H3;1-8H3. The third-order valence-electron chi connectivity index (χ3n) is 7.74. The second-order valence-corrected chi connectivity index (χ2v) is 12.5. The summed E-state index contributed by atoms with van der Waals surface area (Å²) >= 11 is 0. The maximum absolute atomic E-state index is 2.40.